The molecule has 1 amide bonds. The summed E-state index contributed by atoms with van der Waals surface area (Å²) in [6.07, 6.45) is 2.52. The van der Waals surface area contributed by atoms with E-state index in [1.807, 2.05) is 18.2 Å². The second-order valence-corrected chi connectivity index (χ2v) is 9.69. The van der Waals surface area contributed by atoms with Crippen LogP contribution in [0.2, 0.25) is 10.0 Å². The molecule has 9 heteroatoms. The third-order valence-corrected chi connectivity index (χ3v) is 7.23. The van der Waals surface area contributed by atoms with Crippen molar-refractivity contribution in [1.82, 2.24) is 0 Å². The first-order valence-corrected chi connectivity index (χ1v) is 11.4. The van der Waals surface area contributed by atoms with E-state index in [4.69, 9.17) is 27.9 Å². The molecule has 1 N–H and O–H groups in total. The number of carbonyl (C=O) groups excluding carboxylic acids is 1. The van der Waals surface area contributed by atoms with Gasteiger partial charge in [-0.05, 0) is 54.0 Å². The second kappa shape index (κ2) is 7.99. The zero-order valence-corrected chi connectivity index (χ0v) is 17.6. The van der Waals surface area contributed by atoms with Gasteiger partial charge in [0.1, 0.15) is 0 Å². The van der Waals surface area contributed by atoms with E-state index in [1.165, 1.54) is 16.4 Å². The van der Waals surface area contributed by atoms with E-state index in [0.29, 0.717) is 42.6 Å². The summed E-state index contributed by atoms with van der Waals surface area (Å²) in [5.74, 6) is -0.347. The van der Waals surface area contributed by atoms with Gasteiger partial charge in [-0.3, -0.25) is 9.10 Å². The Labute approximate surface area is 179 Å². The van der Waals surface area contributed by atoms with Crippen LogP contribution in [0.5, 0.6) is 0 Å². The third kappa shape index (κ3) is 4.28. The number of nitrogens with zero attached hydrogens (tertiary/aromatic N) is 1. The monoisotopic (exact) mass is 452 g/mol. The predicted molar refractivity (Wildman–Crippen MR) is 115 cm³/mol. The van der Waals surface area contributed by atoms with Crippen LogP contribution in [0.4, 0.5) is 11.4 Å². The van der Waals surface area contributed by atoms with Crippen molar-refractivity contribution >= 4 is 56.1 Å². The lowest BCUT2D eigenvalue weighted by molar-refractivity contribution is 0.102. The molecule has 29 heavy (non-hydrogen) atoms. The Balaban J connectivity index is 1.61. The first-order valence-electron chi connectivity index (χ1n) is 9.02. The molecule has 0 bridgehead atoms. The second-order valence-electron chi connectivity index (χ2n) is 6.83. The Morgan fingerprint density at radius 1 is 1.14 bits per heavy atom. The number of rotatable bonds is 4. The van der Waals surface area contributed by atoms with E-state index >= 15 is 0 Å². The Hall–Kier alpha value is -2.06. The van der Waals surface area contributed by atoms with Gasteiger partial charge in [-0.1, -0.05) is 29.3 Å². The maximum atomic E-state index is 12.9. The summed E-state index contributed by atoms with van der Waals surface area (Å²) in [6.45, 7) is 1.43. The van der Waals surface area contributed by atoms with Crippen LogP contribution in [0.1, 0.15) is 22.3 Å². The molecule has 0 saturated carbocycles. The van der Waals surface area contributed by atoms with Gasteiger partial charge in [0.2, 0.25) is 10.0 Å². The lowest BCUT2D eigenvalue weighted by atomic mass is 10.1. The predicted octanol–water partition coefficient (Wildman–Crippen LogP) is 4.20. The fraction of sp³-hybridized carbons (Fsp3) is 0.250. The van der Waals surface area contributed by atoms with Gasteiger partial charge >= 0.3 is 0 Å². The minimum Gasteiger partial charge on any atom is -0.373 e. The largest absolute Gasteiger partial charge is 0.373 e. The molecule has 1 fully saturated rings. The molecule has 0 unspecified atom stereocenters. The van der Waals surface area contributed by atoms with Crippen molar-refractivity contribution in [3.63, 3.8) is 0 Å². The summed E-state index contributed by atoms with van der Waals surface area (Å²) in [4.78, 5) is 12.9. The third-order valence-electron chi connectivity index (χ3n) is 4.81. The lowest BCUT2D eigenvalue weighted by Crippen LogP contribution is -2.25. The van der Waals surface area contributed by atoms with Crippen LogP contribution in [0.25, 0.3) is 5.57 Å². The Kier molecular flexibility index (Phi) is 5.57. The van der Waals surface area contributed by atoms with Crippen molar-refractivity contribution in [3.05, 3.63) is 63.6 Å². The maximum absolute atomic E-state index is 12.9. The molecule has 0 spiro atoms. The maximum Gasteiger partial charge on any atom is 0.257 e. The van der Waals surface area contributed by atoms with Gasteiger partial charge in [0, 0.05) is 17.3 Å². The number of sulfonamides is 1. The zero-order chi connectivity index (χ0) is 20.6. The highest BCUT2D eigenvalue weighted by Gasteiger charge is 2.29. The van der Waals surface area contributed by atoms with Crippen LogP contribution < -0.4 is 9.62 Å². The number of amides is 1. The summed E-state index contributed by atoms with van der Waals surface area (Å²) in [7, 11) is -3.35. The number of benzene rings is 2. The van der Waals surface area contributed by atoms with Crippen LogP contribution in [0.3, 0.4) is 0 Å². The van der Waals surface area contributed by atoms with Crippen LogP contribution in [-0.2, 0) is 14.8 Å². The van der Waals surface area contributed by atoms with Crippen LogP contribution >= 0.6 is 23.2 Å². The summed E-state index contributed by atoms with van der Waals surface area (Å²) in [5.41, 5.74) is 3.00. The highest BCUT2D eigenvalue weighted by molar-refractivity contribution is 7.93. The zero-order valence-electron chi connectivity index (χ0n) is 15.3. The lowest BCUT2D eigenvalue weighted by Gasteiger charge is -2.18. The minimum atomic E-state index is -3.35. The fourth-order valence-electron chi connectivity index (χ4n) is 3.41. The van der Waals surface area contributed by atoms with Gasteiger partial charge in [-0.2, -0.15) is 0 Å². The number of halogens is 2. The van der Waals surface area contributed by atoms with Gasteiger partial charge in [-0.25, -0.2) is 8.42 Å². The van der Waals surface area contributed by atoms with Crippen LogP contribution in [0, 0.1) is 0 Å². The first-order chi connectivity index (χ1) is 13.8. The van der Waals surface area contributed by atoms with Gasteiger partial charge in [-0.15, -0.1) is 0 Å². The molecular weight excluding hydrogens is 435 g/mol. The van der Waals surface area contributed by atoms with Crippen molar-refractivity contribution in [3.8, 4) is 0 Å². The van der Waals surface area contributed by atoms with Crippen molar-refractivity contribution in [2.45, 2.75) is 6.42 Å². The standard InChI is InChI=1S/C20H18Cl2N2O4S/c21-15-8-14(13-4-6-28-12-13)9-16(10-15)23-20(25)18-11-17(2-3-19(18)22)24-5-1-7-29(24,26)27/h2-4,8-11H,1,5-7,12H2,(H,23,25). The van der Waals surface area contributed by atoms with Gasteiger partial charge in [0.25, 0.3) is 5.91 Å². The van der Waals surface area contributed by atoms with E-state index < -0.39 is 15.9 Å². The molecule has 2 heterocycles. The number of anilines is 2. The topological polar surface area (TPSA) is 75.7 Å². The number of carbonyl (C=O) groups is 1. The average molecular weight is 453 g/mol. The number of ether oxygens (including phenoxy) is 1. The van der Waals surface area contributed by atoms with E-state index in [-0.39, 0.29) is 16.3 Å². The summed E-state index contributed by atoms with van der Waals surface area (Å²) in [5, 5.41) is 3.51. The number of hydrogen-bond acceptors (Lipinski definition) is 4. The van der Waals surface area contributed by atoms with E-state index in [9.17, 15) is 13.2 Å². The molecule has 2 aromatic carbocycles. The normalized spacial score (nSPS) is 18.0. The molecule has 6 nitrogen and oxygen atoms in total. The van der Waals surface area contributed by atoms with Crippen molar-refractivity contribution in [2.24, 2.45) is 0 Å². The van der Waals surface area contributed by atoms with E-state index in [2.05, 4.69) is 5.32 Å². The molecule has 4 rings (SSSR count). The molecule has 2 aliphatic heterocycles. The summed E-state index contributed by atoms with van der Waals surface area (Å²) >= 11 is 12.4. The molecular formula is C20H18Cl2N2O4S. The molecule has 0 aliphatic carbocycles. The molecule has 2 aliphatic rings. The minimum absolute atomic E-state index is 0.0992. The highest BCUT2D eigenvalue weighted by atomic mass is 35.5. The SMILES string of the molecule is O=C(Nc1cc(Cl)cc(C2=CCOC2)c1)c1cc(N2CCCS2(=O)=O)ccc1Cl. The van der Waals surface area contributed by atoms with Gasteiger partial charge < -0.3 is 10.1 Å². The molecule has 152 valence electrons. The quantitative estimate of drug-likeness (QED) is 0.753. The van der Waals surface area contributed by atoms with Gasteiger partial charge in [0.15, 0.2) is 0 Å². The molecule has 2 aromatic rings. The Morgan fingerprint density at radius 2 is 1.97 bits per heavy atom. The summed E-state index contributed by atoms with van der Waals surface area (Å²) in [6, 6.07) is 9.90. The molecule has 0 aromatic heterocycles. The van der Waals surface area contributed by atoms with Crippen LogP contribution in [0.15, 0.2) is 42.5 Å². The Morgan fingerprint density at radius 3 is 2.66 bits per heavy atom. The smallest absolute Gasteiger partial charge is 0.257 e. The average Bonchev–Trinajstić information content (AvgIpc) is 3.31. The fourth-order valence-corrected chi connectivity index (χ4v) is 5.40. The highest BCUT2D eigenvalue weighted by Crippen LogP contribution is 2.30. The molecule has 1 saturated heterocycles. The van der Waals surface area contributed by atoms with Crippen LogP contribution in [-0.4, -0.2) is 39.8 Å². The van der Waals surface area contributed by atoms with Gasteiger partial charge in [0.05, 0.1) is 35.2 Å². The molecule has 0 radical (unpaired) electrons. The van der Waals surface area contributed by atoms with Crippen molar-refractivity contribution in [1.29, 1.82) is 0 Å². The molecule has 0 atom stereocenters. The van der Waals surface area contributed by atoms with E-state index in [1.54, 1.807) is 12.1 Å². The first kappa shape index (κ1) is 20.2. The number of hydrogen-bond donors (Lipinski definition) is 1. The van der Waals surface area contributed by atoms with Crippen molar-refractivity contribution in [2.75, 3.05) is 35.1 Å². The number of nitrogens with one attached hydrogen (secondary N) is 1. The summed E-state index contributed by atoms with van der Waals surface area (Å²) < 4.78 is 31.0. The van der Waals surface area contributed by atoms with E-state index in [0.717, 1.165) is 11.1 Å². The Bertz CT molecular complexity index is 1120. The van der Waals surface area contributed by atoms with Crippen molar-refractivity contribution < 1.29 is 17.9 Å².